The van der Waals surface area contributed by atoms with Gasteiger partial charge in [-0.1, -0.05) is 35.5 Å². The zero-order valence-corrected chi connectivity index (χ0v) is 14.6. The molecule has 1 aromatic carbocycles. The monoisotopic (exact) mass is 344 g/mol. The summed E-state index contributed by atoms with van der Waals surface area (Å²) in [5.74, 6) is 1.00. The van der Waals surface area contributed by atoms with E-state index in [1.165, 1.54) is 0 Å². The predicted molar refractivity (Wildman–Crippen MR) is 92.8 cm³/mol. The van der Waals surface area contributed by atoms with Crippen LogP contribution in [-0.4, -0.2) is 46.3 Å². The van der Waals surface area contributed by atoms with Gasteiger partial charge in [0.1, 0.15) is 6.61 Å². The second-order valence-electron chi connectivity index (χ2n) is 6.50. The van der Waals surface area contributed by atoms with E-state index in [1.807, 2.05) is 44.2 Å². The molecule has 1 aromatic heterocycles. The average molecular weight is 344 g/mol. The van der Waals surface area contributed by atoms with Crippen molar-refractivity contribution in [2.45, 2.75) is 45.4 Å². The minimum atomic E-state index is -0.0348. The van der Waals surface area contributed by atoms with Crippen LogP contribution in [0.3, 0.4) is 0 Å². The highest BCUT2D eigenvalue weighted by atomic mass is 16.5. The molecule has 2 amide bonds. The number of amides is 2. The Balaban J connectivity index is 1.52. The number of hydrogen-bond donors (Lipinski definition) is 1. The van der Waals surface area contributed by atoms with E-state index in [-0.39, 0.29) is 24.8 Å². The highest BCUT2D eigenvalue weighted by Gasteiger charge is 2.25. The SMILES string of the molecule is CC(C)NC(=O)N1CCC[C@@H](OCc2nc(-c3ccccc3)no2)C1. The Kier molecular flexibility index (Phi) is 5.65. The summed E-state index contributed by atoms with van der Waals surface area (Å²) in [6.07, 6.45) is 1.83. The summed E-state index contributed by atoms with van der Waals surface area (Å²) in [5, 5.41) is 6.90. The lowest BCUT2D eigenvalue weighted by Crippen LogP contribution is -2.49. The number of benzene rings is 1. The number of carbonyl (C=O) groups excluding carboxylic acids is 1. The minimum absolute atomic E-state index is 0.0151. The van der Waals surface area contributed by atoms with Crippen LogP contribution in [0.1, 0.15) is 32.6 Å². The van der Waals surface area contributed by atoms with Gasteiger partial charge in [-0.2, -0.15) is 4.98 Å². The molecule has 0 radical (unpaired) electrons. The first-order valence-electron chi connectivity index (χ1n) is 8.67. The fourth-order valence-corrected chi connectivity index (χ4v) is 2.80. The molecule has 7 nitrogen and oxygen atoms in total. The number of nitrogens with zero attached hydrogens (tertiary/aromatic N) is 3. The largest absolute Gasteiger partial charge is 0.367 e. The standard InChI is InChI=1S/C18H24N4O3/c1-13(2)19-18(23)22-10-6-9-15(11-22)24-12-16-20-17(21-25-16)14-7-4-3-5-8-14/h3-5,7-8,13,15H,6,9-12H2,1-2H3,(H,19,23)/t15-/m1/s1. The van der Waals surface area contributed by atoms with Gasteiger partial charge in [0.05, 0.1) is 6.10 Å². The molecule has 0 bridgehead atoms. The predicted octanol–water partition coefficient (Wildman–Crippen LogP) is 2.84. The van der Waals surface area contributed by atoms with Crippen LogP contribution in [0.15, 0.2) is 34.9 Å². The van der Waals surface area contributed by atoms with E-state index in [2.05, 4.69) is 15.5 Å². The van der Waals surface area contributed by atoms with E-state index in [0.717, 1.165) is 24.9 Å². The third-order valence-corrected chi connectivity index (χ3v) is 4.02. The molecule has 0 unspecified atom stereocenters. The summed E-state index contributed by atoms with van der Waals surface area (Å²) >= 11 is 0. The topological polar surface area (TPSA) is 80.5 Å². The molecule has 1 aliphatic heterocycles. The molecule has 3 rings (SSSR count). The Morgan fingerprint density at radius 2 is 2.20 bits per heavy atom. The second-order valence-corrected chi connectivity index (χ2v) is 6.50. The first-order valence-corrected chi connectivity index (χ1v) is 8.67. The molecule has 2 heterocycles. The quantitative estimate of drug-likeness (QED) is 0.902. The summed E-state index contributed by atoms with van der Waals surface area (Å²) in [6, 6.07) is 9.76. The van der Waals surface area contributed by atoms with E-state index in [9.17, 15) is 4.79 Å². The van der Waals surface area contributed by atoms with E-state index in [1.54, 1.807) is 4.90 Å². The molecule has 0 saturated carbocycles. The van der Waals surface area contributed by atoms with Crippen LogP contribution in [0.25, 0.3) is 11.4 Å². The molecule has 134 valence electrons. The molecule has 1 aliphatic rings. The van der Waals surface area contributed by atoms with Crippen molar-refractivity contribution in [2.75, 3.05) is 13.1 Å². The number of aromatic nitrogens is 2. The lowest BCUT2D eigenvalue weighted by Gasteiger charge is -2.32. The third kappa shape index (κ3) is 4.79. The van der Waals surface area contributed by atoms with Gasteiger partial charge in [0.2, 0.25) is 5.82 Å². The van der Waals surface area contributed by atoms with Gasteiger partial charge >= 0.3 is 6.03 Å². The Bertz CT molecular complexity index is 687. The molecule has 0 spiro atoms. The normalized spacial score (nSPS) is 17.7. The summed E-state index contributed by atoms with van der Waals surface area (Å²) < 4.78 is 11.1. The van der Waals surface area contributed by atoms with Gasteiger partial charge in [0, 0.05) is 24.7 Å². The lowest BCUT2D eigenvalue weighted by atomic mass is 10.1. The summed E-state index contributed by atoms with van der Waals surface area (Å²) in [4.78, 5) is 18.3. The van der Waals surface area contributed by atoms with Crippen molar-refractivity contribution in [3.63, 3.8) is 0 Å². The van der Waals surface area contributed by atoms with Crippen LogP contribution < -0.4 is 5.32 Å². The van der Waals surface area contributed by atoms with Crippen molar-refractivity contribution < 1.29 is 14.1 Å². The second kappa shape index (κ2) is 8.11. The zero-order valence-electron chi connectivity index (χ0n) is 14.6. The average Bonchev–Trinajstić information content (AvgIpc) is 3.09. The third-order valence-electron chi connectivity index (χ3n) is 4.02. The van der Waals surface area contributed by atoms with Gasteiger partial charge in [-0.15, -0.1) is 0 Å². The Labute approximate surface area is 147 Å². The Morgan fingerprint density at radius 3 is 2.96 bits per heavy atom. The van der Waals surface area contributed by atoms with Crippen molar-refractivity contribution >= 4 is 6.03 Å². The molecule has 25 heavy (non-hydrogen) atoms. The Morgan fingerprint density at radius 1 is 1.40 bits per heavy atom. The van der Waals surface area contributed by atoms with E-state index in [4.69, 9.17) is 9.26 Å². The highest BCUT2D eigenvalue weighted by molar-refractivity contribution is 5.74. The first kappa shape index (κ1) is 17.4. The van der Waals surface area contributed by atoms with Gasteiger partial charge < -0.3 is 19.5 Å². The number of hydrogen-bond acceptors (Lipinski definition) is 5. The van der Waals surface area contributed by atoms with Crippen molar-refractivity contribution in [3.05, 3.63) is 36.2 Å². The van der Waals surface area contributed by atoms with Gasteiger partial charge in [0.25, 0.3) is 5.89 Å². The maximum absolute atomic E-state index is 12.1. The van der Waals surface area contributed by atoms with Gasteiger partial charge in [0.15, 0.2) is 0 Å². The zero-order chi connectivity index (χ0) is 17.6. The number of ether oxygens (including phenoxy) is 1. The molecule has 1 saturated heterocycles. The molecular formula is C18H24N4O3. The van der Waals surface area contributed by atoms with Crippen molar-refractivity contribution in [3.8, 4) is 11.4 Å². The van der Waals surface area contributed by atoms with Crippen LogP contribution in [0.4, 0.5) is 4.79 Å². The number of urea groups is 1. The van der Waals surface area contributed by atoms with Crippen LogP contribution >= 0.6 is 0 Å². The van der Waals surface area contributed by atoms with Crippen molar-refractivity contribution in [1.82, 2.24) is 20.4 Å². The van der Waals surface area contributed by atoms with Crippen LogP contribution in [0, 0.1) is 0 Å². The molecule has 7 heteroatoms. The maximum atomic E-state index is 12.1. The smallest absolute Gasteiger partial charge is 0.317 e. The fourth-order valence-electron chi connectivity index (χ4n) is 2.80. The Hall–Kier alpha value is -2.41. The first-order chi connectivity index (χ1) is 12.1. The summed E-state index contributed by atoms with van der Waals surface area (Å²) in [6.45, 7) is 5.50. The molecule has 1 N–H and O–H groups in total. The molecule has 2 aromatic rings. The molecule has 0 aliphatic carbocycles. The number of likely N-dealkylation sites (tertiary alicyclic amines) is 1. The van der Waals surface area contributed by atoms with Crippen molar-refractivity contribution in [2.24, 2.45) is 0 Å². The number of rotatable bonds is 5. The molecule has 1 fully saturated rings. The number of carbonyl (C=O) groups is 1. The lowest BCUT2D eigenvalue weighted by molar-refractivity contribution is -0.0105. The van der Waals surface area contributed by atoms with E-state index in [0.29, 0.717) is 18.3 Å². The summed E-state index contributed by atoms with van der Waals surface area (Å²) in [5.41, 5.74) is 0.909. The summed E-state index contributed by atoms with van der Waals surface area (Å²) in [7, 11) is 0. The molecular weight excluding hydrogens is 320 g/mol. The van der Waals surface area contributed by atoms with Crippen LogP contribution in [0.2, 0.25) is 0 Å². The minimum Gasteiger partial charge on any atom is -0.367 e. The van der Waals surface area contributed by atoms with Gasteiger partial charge in [-0.3, -0.25) is 0 Å². The van der Waals surface area contributed by atoms with E-state index < -0.39 is 0 Å². The van der Waals surface area contributed by atoms with Gasteiger partial charge in [-0.05, 0) is 26.7 Å². The maximum Gasteiger partial charge on any atom is 0.317 e. The van der Waals surface area contributed by atoms with Crippen LogP contribution in [0.5, 0.6) is 0 Å². The van der Waals surface area contributed by atoms with E-state index >= 15 is 0 Å². The fraction of sp³-hybridized carbons (Fsp3) is 0.500. The van der Waals surface area contributed by atoms with Crippen LogP contribution in [-0.2, 0) is 11.3 Å². The van der Waals surface area contributed by atoms with Crippen molar-refractivity contribution in [1.29, 1.82) is 0 Å². The highest BCUT2D eigenvalue weighted by Crippen LogP contribution is 2.18. The molecule has 1 atom stereocenters. The van der Waals surface area contributed by atoms with Gasteiger partial charge in [-0.25, -0.2) is 4.79 Å². The number of piperidine rings is 1. The number of nitrogens with one attached hydrogen (secondary N) is 1.